The molecule has 7 aromatic rings. The predicted molar refractivity (Wildman–Crippen MR) is 204 cm³/mol. The number of rotatable bonds is 13. The summed E-state index contributed by atoms with van der Waals surface area (Å²) in [7, 11) is 2.96. The Balaban J connectivity index is 1.22. The first kappa shape index (κ1) is 35.0. The van der Waals surface area contributed by atoms with Crippen LogP contribution >= 0.6 is 0 Å². The van der Waals surface area contributed by atoms with Crippen LogP contribution in [0.1, 0.15) is 44.0 Å². The van der Waals surface area contributed by atoms with Gasteiger partial charge < -0.3 is 14.2 Å². The Bertz CT molecular complexity index is 2200. The van der Waals surface area contributed by atoms with Gasteiger partial charge in [0.05, 0.1) is 19.4 Å². The maximum Gasteiger partial charge on any atom is 0.343 e. The van der Waals surface area contributed by atoms with E-state index < -0.39 is 11.5 Å². The van der Waals surface area contributed by atoms with E-state index in [-0.39, 0.29) is 6.61 Å². The zero-order valence-electron chi connectivity index (χ0n) is 29.8. The summed E-state index contributed by atoms with van der Waals surface area (Å²) in [5.74, 6) is 0.439. The maximum absolute atomic E-state index is 12.8. The van der Waals surface area contributed by atoms with Crippen molar-refractivity contribution < 1.29 is 19.0 Å². The molecule has 0 radical (unpaired) electrons. The lowest BCUT2D eigenvalue weighted by Crippen LogP contribution is -2.39. The van der Waals surface area contributed by atoms with Gasteiger partial charge in [-0.1, -0.05) is 140 Å². The van der Waals surface area contributed by atoms with Crippen LogP contribution in [0.15, 0.2) is 146 Å². The zero-order chi connectivity index (χ0) is 36.6. The van der Waals surface area contributed by atoms with Crippen molar-refractivity contribution in [2.75, 3.05) is 20.8 Å². The van der Waals surface area contributed by atoms with Gasteiger partial charge >= 0.3 is 5.97 Å². The first-order chi connectivity index (χ1) is 26.0. The van der Waals surface area contributed by atoms with Gasteiger partial charge in [0.25, 0.3) is 0 Å². The Hall–Kier alpha value is -6.45. The molecule has 0 aliphatic rings. The maximum atomic E-state index is 12.8. The summed E-state index contributed by atoms with van der Waals surface area (Å²) < 4.78 is 16.5. The summed E-state index contributed by atoms with van der Waals surface area (Å²) in [6.45, 7) is 2.53. The lowest BCUT2D eigenvalue weighted by molar-refractivity contribution is 0.0593. The smallest absolute Gasteiger partial charge is 0.343 e. The van der Waals surface area contributed by atoms with Gasteiger partial charge in [-0.3, -0.25) is 4.98 Å². The minimum absolute atomic E-state index is 0.246. The van der Waals surface area contributed by atoms with E-state index in [1.165, 1.54) is 7.11 Å². The first-order valence-electron chi connectivity index (χ1n) is 17.4. The van der Waals surface area contributed by atoms with Crippen molar-refractivity contribution >= 4 is 5.97 Å². The molecule has 53 heavy (non-hydrogen) atoms. The molecule has 9 heteroatoms. The summed E-state index contributed by atoms with van der Waals surface area (Å²) in [4.78, 5) is 19.1. The van der Waals surface area contributed by atoms with Gasteiger partial charge in [-0.25, -0.2) is 4.79 Å². The highest BCUT2D eigenvalue weighted by atomic mass is 16.5. The van der Waals surface area contributed by atoms with E-state index in [1.807, 2.05) is 104 Å². The molecule has 7 rings (SSSR count). The molecule has 9 nitrogen and oxygen atoms in total. The molecule has 0 atom stereocenters. The summed E-state index contributed by atoms with van der Waals surface area (Å²) in [6.07, 6.45) is 0.460. The highest BCUT2D eigenvalue weighted by molar-refractivity contribution is 5.93. The van der Waals surface area contributed by atoms with Crippen molar-refractivity contribution in [1.29, 1.82) is 0 Å². The molecule has 0 fully saturated rings. The van der Waals surface area contributed by atoms with Crippen LogP contribution in [0.2, 0.25) is 0 Å². The van der Waals surface area contributed by atoms with Crippen LogP contribution in [0.3, 0.4) is 0 Å². The average molecular weight is 702 g/mol. The van der Waals surface area contributed by atoms with Crippen molar-refractivity contribution in [3.05, 3.63) is 185 Å². The van der Waals surface area contributed by atoms with E-state index in [1.54, 1.807) is 18.0 Å². The lowest BCUT2D eigenvalue weighted by Gasteiger charge is -2.34. The number of tetrazole rings is 1. The number of benzene rings is 5. The van der Waals surface area contributed by atoms with Crippen LogP contribution < -0.4 is 4.74 Å². The topological polar surface area (TPSA) is 101 Å². The molecule has 0 bridgehead atoms. The molecule has 0 N–H and O–H groups in total. The number of carbonyl (C=O) groups excluding carboxylic acids is 1. The third-order valence-electron chi connectivity index (χ3n) is 9.23. The second-order valence-electron chi connectivity index (χ2n) is 12.6. The minimum Gasteiger partial charge on any atom is -0.488 e. The van der Waals surface area contributed by atoms with E-state index in [0.717, 1.165) is 44.6 Å². The SMILES string of the molecule is COCCc1nc(C)cc(OCc2ccc(-c3ccccc3-c3nnn(C(c4ccccc4)(c4ccccc4)c4ccccc4)n3)cc2)c1C(=O)OC. The van der Waals surface area contributed by atoms with Crippen molar-refractivity contribution in [2.45, 2.75) is 25.5 Å². The van der Waals surface area contributed by atoms with E-state index >= 15 is 0 Å². The Morgan fingerprint density at radius 1 is 0.717 bits per heavy atom. The molecule has 0 saturated carbocycles. The number of hydrogen-bond acceptors (Lipinski definition) is 8. The molecule has 0 spiro atoms. The van der Waals surface area contributed by atoms with E-state index in [2.05, 4.69) is 52.5 Å². The Morgan fingerprint density at radius 2 is 1.28 bits per heavy atom. The number of methoxy groups -OCH3 is 2. The molecule has 0 unspecified atom stereocenters. The van der Waals surface area contributed by atoms with Crippen LogP contribution in [-0.2, 0) is 28.0 Å². The highest BCUT2D eigenvalue weighted by Crippen LogP contribution is 2.40. The van der Waals surface area contributed by atoms with Gasteiger partial charge in [-0.2, -0.15) is 0 Å². The number of hydrogen-bond donors (Lipinski definition) is 0. The monoisotopic (exact) mass is 701 g/mol. The molecule has 5 aromatic carbocycles. The zero-order valence-corrected chi connectivity index (χ0v) is 29.8. The average Bonchev–Trinajstić information content (AvgIpc) is 3.71. The third kappa shape index (κ3) is 7.07. The van der Waals surface area contributed by atoms with E-state index in [4.69, 9.17) is 24.5 Å². The number of esters is 1. The fraction of sp³-hybridized carbons (Fsp3) is 0.159. The lowest BCUT2D eigenvalue weighted by atomic mass is 9.77. The third-order valence-corrected chi connectivity index (χ3v) is 9.23. The van der Waals surface area contributed by atoms with Gasteiger partial charge in [-0.15, -0.1) is 15.0 Å². The number of aromatic nitrogens is 5. The minimum atomic E-state index is -0.878. The van der Waals surface area contributed by atoms with Crippen LogP contribution in [-0.4, -0.2) is 52.0 Å². The Labute approximate surface area is 308 Å². The summed E-state index contributed by atoms with van der Waals surface area (Å²) in [5.41, 5.74) is 7.53. The number of pyridine rings is 1. The fourth-order valence-corrected chi connectivity index (χ4v) is 6.74. The normalized spacial score (nSPS) is 11.3. The first-order valence-corrected chi connectivity index (χ1v) is 17.4. The molecular weight excluding hydrogens is 663 g/mol. The number of ether oxygens (including phenoxy) is 3. The van der Waals surface area contributed by atoms with E-state index in [9.17, 15) is 4.79 Å². The van der Waals surface area contributed by atoms with Gasteiger partial charge in [0.1, 0.15) is 17.9 Å². The molecular formula is C44H39N5O4. The van der Waals surface area contributed by atoms with Gasteiger partial charge in [-0.05, 0) is 45.5 Å². The van der Waals surface area contributed by atoms with Crippen molar-refractivity contribution in [3.8, 4) is 28.3 Å². The van der Waals surface area contributed by atoms with Crippen LogP contribution in [0.5, 0.6) is 5.75 Å². The molecule has 264 valence electrons. The molecule has 0 aliphatic heterocycles. The highest BCUT2D eigenvalue weighted by Gasteiger charge is 2.41. The van der Waals surface area contributed by atoms with Gasteiger partial charge in [0.2, 0.25) is 5.82 Å². The van der Waals surface area contributed by atoms with E-state index in [0.29, 0.717) is 35.9 Å². The fourth-order valence-electron chi connectivity index (χ4n) is 6.74. The second kappa shape index (κ2) is 15.8. The molecule has 0 saturated heterocycles. The quantitative estimate of drug-likeness (QED) is 0.0879. The van der Waals surface area contributed by atoms with Crippen LogP contribution in [0.4, 0.5) is 0 Å². The summed E-state index contributed by atoms with van der Waals surface area (Å²) in [5, 5.41) is 14.6. The standard InChI is InChI=1S/C44H39N5O4/c1-31-29-40(41(43(50)52-3)39(45-31)27-28-51-2)53-30-32-23-25-33(26-24-32)37-21-13-14-22-38(37)42-46-48-49(47-42)44(34-15-7-4-8-16-34,35-17-9-5-10-18-35)36-19-11-6-12-20-36/h4-26,29H,27-28,30H2,1-3H3. The number of nitrogens with zero attached hydrogens (tertiary/aromatic N) is 5. The molecule has 0 aliphatic carbocycles. The second-order valence-corrected chi connectivity index (χ2v) is 12.6. The number of aryl methyl sites for hydroxylation is 1. The molecule has 2 aromatic heterocycles. The van der Waals surface area contributed by atoms with Crippen LogP contribution in [0.25, 0.3) is 22.5 Å². The largest absolute Gasteiger partial charge is 0.488 e. The van der Waals surface area contributed by atoms with Gasteiger partial charge in [0, 0.05) is 30.9 Å². The predicted octanol–water partition coefficient (Wildman–Crippen LogP) is 8.11. The van der Waals surface area contributed by atoms with Crippen molar-refractivity contribution in [3.63, 3.8) is 0 Å². The van der Waals surface area contributed by atoms with Gasteiger partial charge in [0.15, 0.2) is 5.54 Å². The Kier molecular flexibility index (Phi) is 10.5. The Morgan fingerprint density at radius 3 is 1.85 bits per heavy atom. The summed E-state index contributed by atoms with van der Waals surface area (Å²) >= 11 is 0. The number of carbonyl (C=O) groups is 1. The van der Waals surface area contributed by atoms with Crippen molar-refractivity contribution in [2.24, 2.45) is 0 Å². The summed E-state index contributed by atoms with van der Waals surface area (Å²) in [6, 6.07) is 48.8. The molecule has 0 amide bonds. The van der Waals surface area contributed by atoms with Crippen LogP contribution in [0, 0.1) is 6.92 Å². The molecule has 2 heterocycles. The van der Waals surface area contributed by atoms with Crippen molar-refractivity contribution in [1.82, 2.24) is 25.2 Å².